The number of halogens is 3. The summed E-state index contributed by atoms with van der Waals surface area (Å²) in [4.78, 5) is 36.8. The lowest BCUT2D eigenvalue weighted by Crippen LogP contribution is -2.45. The average Bonchev–Trinajstić information content (AvgIpc) is 2.82. The van der Waals surface area contributed by atoms with Gasteiger partial charge in [0.1, 0.15) is 0 Å². The van der Waals surface area contributed by atoms with Gasteiger partial charge in [0.25, 0.3) is 0 Å². The standard InChI is InChI=1S/C24H25F3N2O4/c1-32-33-22(30)11-6-17-4-9-21(10-5-17)28-16-18-2-7-19(8-3-18)20-12-14-29(15-13-20)23(31)24(25,26)27/h2-5,7-10,16,20H,6,11-15H2,1H3. The fraction of sp³-hybridized carbons (Fsp3) is 0.375. The third kappa shape index (κ3) is 7.15. The molecule has 0 aromatic heterocycles. The second-order valence-electron chi connectivity index (χ2n) is 7.78. The van der Waals surface area contributed by atoms with Crippen molar-refractivity contribution in [3.05, 3.63) is 65.2 Å². The number of nitrogens with zero attached hydrogens (tertiary/aromatic N) is 2. The smallest absolute Gasteiger partial charge is 0.335 e. The van der Waals surface area contributed by atoms with Crippen LogP contribution >= 0.6 is 0 Å². The SMILES string of the molecule is COOC(=O)CCc1ccc(N=Cc2ccc(C3CCN(C(=O)C(F)(F)F)CC3)cc2)cc1. The van der Waals surface area contributed by atoms with Gasteiger partial charge in [-0.3, -0.25) is 14.7 Å². The van der Waals surface area contributed by atoms with Crippen molar-refractivity contribution in [1.29, 1.82) is 0 Å². The topological polar surface area (TPSA) is 68.2 Å². The fourth-order valence-electron chi connectivity index (χ4n) is 3.73. The number of hydrogen-bond acceptors (Lipinski definition) is 5. The Morgan fingerprint density at radius 2 is 1.70 bits per heavy atom. The van der Waals surface area contributed by atoms with Crippen molar-refractivity contribution < 1.29 is 32.5 Å². The summed E-state index contributed by atoms with van der Waals surface area (Å²) in [6.45, 7) is 0.214. The molecular weight excluding hydrogens is 437 g/mol. The number of alkyl halides is 3. The van der Waals surface area contributed by atoms with Crippen LogP contribution < -0.4 is 0 Å². The van der Waals surface area contributed by atoms with Gasteiger partial charge in [-0.2, -0.15) is 18.1 Å². The molecule has 1 aliphatic heterocycles. The van der Waals surface area contributed by atoms with E-state index in [-0.39, 0.29) is 25.4 Å². The van der Waals surface area contributed by atoms with Crippen LogP contribution in [0.2, 0.25) is 0 Å². The predicted molar refractivity (Wildman–Crippen MR) is 116 cm³/mol. The molecule has 2 aromatic carbocycles. The van der Waals surface area contributed by atoms with Gasteiger partial charge < -0.3 is 4.90 Å². The number of aryl methyl sites for hydroxylation is 1. The number of piperidine rings is 1. The van der Waals surface area contributed by atoms with Gasteiger partial charge in [0, 0.05) is 19.3 Å². The minimum atomic E-state index is -4.81. The molecule has 1 heterocycles. The lowest BCUT2D eigenvalue weighted by Gasteiger charge is -2.32. The molecule has 0 saturated carbocycles. The number of likely N-dealkylation sites (tertiary alicyclic amines) is 1. The van der Waals surface area contributed by atoms with E-state index in [1.165, 1.54) is 7.11 Å². The van der Waals surface area contributed by atoms with E-state index in [4.69, 9.17) is 0 Å². The number of carbonyl (C=O) groups excluding carboxylic acids is 2. The fourth-order valence-corrected chi connectivity index (χ4v) is 3.73. The van der Waals surface area contributed by atoms with Crippen molar-refractivity contribution in [2.45, 2.75) is 37.8 Å². The minimum absolute atomic E-state index is 0.107. The average molecular weight is 462 g/mol. The summed E-state index contributed by atoms with van der Waals surface area (Å²) >= 11 is 0. The highest BCUT2D eigenvalue weighted by atomic mass is 19.4. The summed E-state index contributed by atoms with van der Waals surface area (Å²) in [6.07, 6.45) is -1.31. The van der Waals surface area contributed by atoms with Crippen LogP contribution in [0.5, 0.6) is 0 Å². The molecule has 0 bridgehead atoms. The molecule has 0 atom stereocenters. The largest absolute Gasteiger partial charge is 0.471 e. The van der Waals surface area contributed by atoms with Gasteiger partial charge in [0.2, 0.25) is 0 Å². The maximum atomic E-state index is 12.6. The van der Waals surface area contributed by atoms with Gasteiger partial charge in [-0.15, -0.1) is 0 Å². The van der Waals surface area contributed by atoms with E-state index in [1.54, 1.807) is 6.21 Å². The molecule has 1 saturated heterocycles. The third-order valence-electron chi connectivity index (χ3n) is 5.53. The Labute approximate surface area is 189 Å². The molecule has 9 heteroatoms. The van der Waals surface area contributed by atoms with Crippen LogP contribution in [-0.4, -0.2) is 49.4 Å². The Hall–Kier alpha value is -3.20. The Bertz CT molecular complexity index is 965. The number of rotatable bonds is 7. The first-order valence-electron chi connectivity index (χ1n) is 10.6. The molecule has 176 valence electrons. The summed E-state index contributed by atoms with van der Waals surface area (Å²) in [5, 5.41) is 0. The summed E-state index contributed by atoms with van der Waals surface area (Å²) in [5.74, 6) is -2.06. The molecule has 2 aromatic rings. The zero-order valence-electron chi connectivity index (χ0n) is 18.2. The number of carbonyl (C=O) groups is 2. The quantitative estimate of drug-likeness (QED) is 0.339. The molecule has 1 amide bonds. The van der Waals surface area contributed by atoms with Crippen LogP contribution in [0.25, 0.3) is 0 Å². The number of aliphatic imine (C=N–C) groups is 1. The highest BCUT2D eigenvalue weighted by Crippen LogP contribution is 2.30. The lowest BCUT2D eigenvalue weighted by atomic mass is 9.89. The van der Waals surface area contributed by atoms with Crippen molar-refractivity contribution in [3.63, 3.8) is 0 Å². The van der Waals surface area contributed by atoms with Crippen molar-refractivity contribution in [1.82, 2.24) is 4.90 Å². The summed E-state index contributed by atoms with van der Waals surface area (Å²) in [5.41, 5.74) is 3.69. The first-order chi connectivity index (χ1) is 15.8. The van der Waals surface area contributed by atoms with Crippen LogP contribution in [0.4, 0.5) is 18.9 Å². The van der Waals surface area contributed by atoms with Gasteiger partial charge in [-0.05, 0) is 54.0 Å². The van der Waals surface area contributed by atoms with Crippen LogP contribution in [0.15, 0.2) is 53.5 Å². The van der Waals surface area contributed by atoms with Crippen LogP contribution in [-0.2, 0) is 25.8 Å². The molecule has 0 unspecified atom stereocenters. The molecule has 33 heavy (non-hydrogen) atoms. The van der Waals surface area contributed by atoms with E-state index in [0.717, 1.165) is 27.3 Å². The lowest BCUT2D eigenvalue weighted by molar-refractivity contribution is -0.254. The molecule has 0 spiro atoms. The first kappa shape index (κ1) is 24.4. The maximum Gasteiger partial charge on any atom is 0.471 e. The maximum absolute atomic E-state index is 12.6. The number of amides is 1. The minimum Gasteiger partial charge on any atom is -0.335 e. The van der Waals surface area contributed by atoms with Crippen molar-refractivity contribution >= 4 is 23.8 Å². The van der Waals surface area contributed by atoms with E-state index < -0.39 is 18.1 Å². The van der Waals surface area contributed by atoms with Gasteiger partial charge >= 0.3 is 18.1 Å². The van der Waals surface area contributed by atoms with Gasteiger partial charge in [0.15, 0.2) is 0 Å². The molecule has 6 nitrogen and oxygen atoms in total. The van der Waals surface area contributed by atoms with E-state index in [9.17, 15) is 22.8 Å². The van der Waals surface area contributed by atoms with E-state index >= 15 is 0 Å². The monoisotopic (exact) mass is 462 g/mol. The Morgan fingerprint density at radius 3 is 2.27 bits per heavy atom. The number of hydrogen-bond donors (Lipinski definition) is 0. The number of benzene rings is 2. The van der Waals surface area contributed by atoms with Crippen molar-refractivity contribution in [2.75, 3.05) is 20.2 Å². The molecule has 3 rings (SSSR count). The zero-order valence-corrected chi connectivity index (χ0v) is 18.2. The van der Waals surface area contributed by atoms with E-state index in [1.807, 2.05) is 48.5 Å². The van der Waals surface area contributed by atoms with Gasteiger partial charge in [-0.25, -0.2) is 4.79 Å². The van der Waals surface area contributed by atoms with E-state index in [0.29, 0.717) is 19.3 Å². The highest BCUT2D eigenvalue weighted by molar-refractivity contribution is 5.82. The molecule has 0 aliphatic carbocycles. The van der Waals surface area contributed by atoms with Crippen LogP contribution in [0.1, 0.15) is 41.9 Å². The zero-order chi connectivity index (χ0) is 23.8. The van der Waals surface area contributed by atoms with Crippen molar-refractivity contribution in [3.8, 4) is 0 Å². The molecular formula is C24H25F3N2O4. The summed E-state index contributed by atoms with van der Waals surface area (Å²) < 4.78 is 37.7. The Morgan fingerprint density at radius 1 is 1.06 bits per heavy atom. The van der Waals surface area contributed by atoms with Crippen LogP contribution in [0.3, 0.4) is 0 Å². The second kappa shape index (κ2) is 11.1. The third-order valence-corrected chi connectivity index (χ3v) is 5.53. The predicted octanol–water partition coefficient (Wildman–Crippen LogP) is 4.74. The normalized spacial score (nSPS) is 15.1. The van der Waals surface area contributed by atoms with Crippen molar-refractivity contribution in [2.24, 2.45) is 4.99 Å². The van der Waals surface area contributed by atoms with Crippen LogP contribution in [0, 0.1) is 0 Å². The van der Waals surface area contributed by atoms with Gasteiger partial charge in [0.05, 0.1) is 19.2 Å². The highest BCUT2D eigenvalue weighted by Gasteiger charge is 2.43. The van der Waals surface area contributed by atoms with E-state index in [2.05, 4.69) is 14.8 Å². The molecule has 1 fully saturated rings. The Balaban J connectivity index is 1.50. The summed E-state index contributed by atoms with van der Waals surface area (Å²) in [6, 6.07) is 15.3. The second-order valence-corrected chi connectivity index (χ2v) is 7.78. The Kier molecular flexibility index (Phi) is 8.21. The molecule has 1 aliphatic rings. The summed E-state index contributed by atoms with van der Waals surface area (Å²) in [7, 11) is 1.28. The molecule has 0 N–H and O–H groups in total. The first-order valence-corrected chi connectivity index (χ1v) is 10.6. The molecule has 0 radical (unpaired) electrons. The van der Waals surface area contributed by atoms with Gasteiger partial charge in [-0.1, -0.05) is 36.4 Å².